The van der Waals surface area contributed by atoms with Crippen LogP contribution in [0.1, 0.15) is 11.1 Å². The van der Waals surface area contributed by atoms with E-state index in [1.54, 1.807) is 25.3 Å². The summed E-state index contributed by atoms with van der Waals surface area (Å²) in [5.74, 6) is 1.05. The zero-order valence-corrected chi connectivity index (χ0v) is 12.5. The molecular formula is C17H18N2O2. The van der Waals surface area contributed by atoms with Crippen LogP contribution in [0.4, 0.5) is 5.69 Å². The number of ether oxygens (including phenoxy) is 2. The summed E-state index contributed by atoms with van der Waals surface area (Å²) in [6.07, 6.45) is 0. The molecular weight excluding hydrogens is 264 g/mol. The third-order valence-electron chi connectivity index (χ3n) is 3.13. The number of para-hydroxylation sites is 1. The second-order valence-corrected chi connectivity index (χ2v) is 4.80. The number of hydrogen-bond donors (Lipinski definition) is 0. The minimum atomic E-state index is 0.386. The van der Waals surface area contributed by atoms with Crippen LogP contribution < -0.4 is 14.4 Å². The minimum Gasteiger partial charge on any atom is -0.493 e. The number of nitriles is 1. The van der Waals surface area contributed by atoms with E-state index in [9.17, 15) is 0 Å². The molecule has 0 bridgehead atoms. The van der Waals surface area contributed by atoms with Crippen molar-refractivity contribution in [1.82, 2.24) is 0 Å². The fraction of sp³-hybridized carbons (Fsp3) is 0.235. The van der Waals surface area contributed by atoms with Gasteiger partial charge in [0.2, 0.25) is 0 Å². The van der Waals surface area contributed by atoms with Crippen LogP contribution in [0.15, 0.2) is 42.5 Å². The van der Waals surface area contributed by atoms with Gasteiger partial charge in [0.1, 0.15) is 12.7 Å². The fourth-order valence-electron chi connectivity index (χ4n) is 1.99. The van der Waals surface area contributed by atoms with Gasteiger partial charge in [-0.2, -0.15) is 5.26 Å². The largest absolute Gasteiger partial charge is 0.493 e. The fourth-order valence-corrected chi connectivity index (χ4v) is 1.99. The lowest BCUT2D eigenvalue weighted by molar-refractivity contribution is 0.283. The number of benzene rings is 2. The second-order valence-electron chi connectivity index (χ2n) is 4.80. The van der Waals surface area contributed by atoms with Gasteiger partial charge >= 0.3 is 0 Å². The molecule has 0 unspecified atom stereocenters. The van der Waals surface area contributed by atoms with Crippen LogP contribution >= 0.6 is 0 Å². The molecule has 0 atom stereocenters. The Kier molecular flexibility index (Phi) is 4.68. The van der Waals surface area contributed by atoms with Gasteiger partial charge < -0.3 is 14.4 Å². The maximum absolute atomic E-state index is 9.16. The van der Waals surface area contributed by atoms with Gasteiger partial charge in [-0.15, -0.1) is 0 Å². The van der Waals surface area contributed by atoms with Crippen LogP contribution in [0.5, 0.6) is 11.5 Å². The Balaban J connectivity index is 2.21. The molecule has 108 valence electrons. The molecule has 0 saturated heterocycles. The highest BCUT2D eigenvalue weighted by atomic mass is 16.5. The van der Waals surface area contributed by atoms with Gasteiger partial charge in [-0.1, -0.05) is 18.2 Å². The second kappa shape index (κ2) is 6.67. The number of nitrogens with zero attached hydrogens (tertiary/aromatic N) is 2. The molecule has 2 aromatic carbocycles. The first kappa shape index (κ1) is 14.7. The number of rotatable bonds is 5. The molecule has 0 heterocycles. The summed E-state index contributed by atoms with van der Waals surface area (Å²) in [4.78, 5) is 2.04. The van der Waals surface area contributed by atoms with E-state index < -0.39 is 0 Å². The quantitative estimate of drug-likeness (QED) is 0.844. The lowest BCUT2D eigenvalue weighted by Gasteiger charge is -2.15. The highest BCUT2D eigenvalue weighted by Crippen LogP contribution is 2.31. The molecule has 0 aliphatic rings. The molecule has 21 heavy (non-hydrogen) atoms. The highest BCUT2D eigenvalue weighted by molar-refractivity contribution is 5.52. The van der Waals surface area contributed by atoms with Gasteiger partial charge in [0.05, 0.1) is 12.7 Å². The van der Waals surface area contributed by atoms with Crippen molar-refractivity contribution in [2.75, 3.05) is 26.1 Å². The number of methoxy groups -OCH3 is 1. The van der Waals surface area contributed by atoms with Gasteiger partial charge in [-0.05, 0) is 29.8 Å². The SMILES string of the molecule is COc1cccc(C#N)c1OCc1cccc(N(C)C)c1. The zero-order chi connectivity index (χ0) is 15.2. The van der Waals surface area contributed by atoms with Crippen LogP contribution in [0, 0.1) is 11.3 Å². The normalized spacial score (nSPS) is 9.81. The Hall–Kier alpha value is -2.67. The smallest absolute Gasteiger partial charge is 0.179 e. The number of anilines is 1. The Labute approximate surface area is 125 Å². The topological polar surface area (TPSA) is 45.5 Å². The monoisotopic (exact) mass is 282 g/mol. The molecule has 0 fully saturated rings. The average Bonchev–Trinajstić information content (AvgIpc) is 2.52. The van der Waals surface area contributed by atoms with Crippen LogP contribution in [0.3, 0.4) is 0 Å². The maximum Gasteiger partial charge on any atom is 0.179 e. The molecule has 4 nitrogen and oxygen atoms in total. The predicted molar refractivity (Wildman–Crippen MR) is 82.8 cm³/mol. The minimum absolute atomic E-state index is 0.386. The maximum atomic E-state index is 9.16. The Bertz CT molecular complexity index is 660. The van der Waals surface area contributed by atoms with Crippen molar-refractivity contribution in [3.8, 4) is 17.6 Å². The van der Waals surface area contributed by atoms with Crippen molar-refractivity contribution >= 4 is 5.69 Å². The van der Waals surface area contributed by atoms with Gasteiger partial charge in [0.25, 0.3) is 0 Å². The van der Waals surface area contributed by atoms with Crippen LogP contribution in [0.25, 0.3) is 0 Å². The molecule has 0 spiro atoms. The van der Waals surface area contributed by atoms with E-state index in [4.69, 9.17) is 14.7 Å². The van der Waals surface area contributed by atoms with Crippen molar-refractivity contribution in [2.24, 2.45) is 0 Å². The van der Waals surface area contributed by atoms with Gasteiger partial charge in [-0.25, -0.2) is 0 Å². The summed E-state index contributed by atoms with van der Waals surface area (Å²) in [6.45, 7) is 0.386. The van der Waals surface area contributed by atoms with Crippen molar-refractivity contribution < 1.29 is 9.47 Å². The molecule has 0 aromatic heterocycles. The average molecular weight is 282 g/mol. The first-order chi connectivity index (χ1) is 10.2. The third-order valence-corrected chi connectivity index (χ3v) is 3.13. The van der Waals surface area contributed by atoms with E-state index in [1.165, 1.54) is 0 Å². The van der Waals surface area contributed by atoms with E-state index in [2.05, 4.69) is 12.1 Å². The Morgan fingerprint density at radius 3 is 2.57 bits per heavy atom. The van der Waals surface area contributed by atoms with Gasteiger partial charge in [0, 0.05) is 19.8 Å². The number of hydrogen-bond acceptors (Lipinski definition) is 4. The van der Waals surface area contributed by atoms with Gasteiger partial charge in [-0.3, -0.25) is 0 Å². The molecule has 0 radical (unpaired) electrons. The highest BCUT2D eigenvalue weighted by Gasteiger charge is 2.10. The summed E-state index contributed by atoms with van der Waals surface area (Å²) in [5, 5.41) is 9.16. The van der Waals surface area contributed by atoms with Crippen molar-refractivity contribution in [3.05, 3.63) is 53.6 Å². The standard InChI is InChI=1S/C17H18N2O2/c1-19(2)15-8-4-6-13(10-15)12-21-17-14(11-18)7-5-9-16(17)20-3/h4-10H,12H2,1-3H3. The summed E-state index contributed by atoms with van der Waals surface area (Å²) < 4.78 is 11.1. The predicted octanol–water partition coefficient (Wildman–Crippen LogP) is 3.21. The summed E-state index contributed by atoms with van der Waals surface area (Å²) in [6, 6.07) is 15.5. The van der Waals surface area contributed by atoms with Crippen molar-refractivity contribution in [2.45, 2.75) is 6.61 Å². The van der Waals surface area contributed by atoms with E-state index in [1.807, 2.05) is 37.2 Å². The van der Waals surface area contributed by atoms with E-state index in [-0.39, 0.29) is 0 Å². The van der Waals surface area contributed by atoms with E-state index in [0.717, 1.165) is 11.3 Å². The van der Waals surface area contributed by atoms with Gasteiger partial charge in [0.15, 0.2) is 11.5 Å². The summed E-state index contributed by atoms with van der Waals surface area (Å²) in [7, 11) is 5.55. The molecule has 0 aliphatic carbocycles. The first-order valence-electron chi connectivity index (χ1n) is 6.62. The molecule has 4 heteroatoms. The zero-order valence-electron chi connectivity index (χ0n) is 12.5. The van der Waals surface area contributed by atoms with Crippen molar-refractivity contribution in [1.29, 1.82) is 5.26 Å². The Morgan fingerprint density at radius 1 is 1.14 bits per heavy atom. The molecule has 0 saturated carbocycles. The molecule has 0 aliphatic heterocycles. The third kappa shape index (κ3) is 3.46. The van der Waals surface area contributed by atoms with E-state index in [0.29, 0.717) is 23.7 Å². The van der Waals surface area contributed by atoms with Crippen LogP contribution in [-0.2, 0) is 6.61 Å². The summed E-state index contributed by atoms with van der Waals surface area (Å²) >= 11 is 0. The molecule has 0 amide bonds. The van der Waals surface area contributed by atoms with Crippen molar-refractivity contribution in [3.63, 3.8) is 0 Å². The van der Waals surface area contributed by atoms with E-state index >= 15 is 0 Å². The lowest BCUT2D eigenvalue weighted by Crippen LogP contribution is -2.09. The van der Waals surface area contributed by atoms with Crippen LogP contribution in [0.2, 0.25) is 0 Å². The molecule has 2 rings (SSSR count). The Morgan fingerprint density at radius 2 is 1.90 bits per heavy atom. The summed E-state index contributed by atoms with van der Waals surface area (Å²) in [5.41, 5.74) is 2.62. The van der Waals surface area contributed by atoms with Crippen LogP contribution in [-0.4, -0.2) is 21.2 Å². The molecule has 0 N–H and O–H groups in total. The first-order valence-corrected chi connectivity index (χ1v) is 6.62. The molecule has 2 aromatic rings. The lowest BCUT2D eigenvalue weighted by atomic mass is 10.2.